The minimum atomic E-state index is -1.18. The van der Waals surface area contributed by atoms with Crippen molar-refractivity contribution < 1.29 is 29.3 Å². The zero-order valence-corrected chi connectivity index (χ0v) is 13.2. The summed E-state index contributed by atoms with van der Waals surface area (Å²) >= 11 is 0. The number of carbonyl (C=O) groups excluding carboxylic acids is 1. The van der Waals surface area contributed by atoms with Gasteiger partial charge in [-0.3, -0.25) is 4.79 Å². The van der Waals surface area contributed by atoms with Crippen LogP contribution < -0.4 is 11.1 Å². The van der Waals surface area contributed by atoms with Crippen LogP contribution in [-0.4, -0.2) is 58.4 Å². The first-order chi connectivity index (χ1) is 9.88. The molecule has 0 saturated heterocycles. The quantitative estimate of drug-likeness (QED) is 0.317. The third kappa shape index (κ3) is 10.3. The molecular formula is C11H20N2O6S2. The third-order valence-corrected chi connectivity index (χ3v) is 4.65. The van der Waals surface area contributed by atoms with Gasteiger partial charge in [0.1, 0.15) is 12.1 Å². The topological polar surface area (TPSA) is 139 Å². The highest BCUT2D eigenvalue weighted by molar-refractivity contribution is 8.76. The minimum Gasteiger partial charge on any atom is -0.480 e. The molecule has 1 unspecified atom stereocenters. The van der Waals surface area contributed by atoms with Gasteiger partial charge in [-0.05, 0) is 6.42 Å². The number of amides is 1. The van der Waals surface area contributed by atoms with E-state index < -0.39 is 30.1 Å². The number of rotatable bonds is 11. The molecule has 0 aliphatic carbocycles. The normalized spacial score (nSPS) is 13.2. The number of nitrogens with one attached hydrogen (secondary N) is 1. The maximum absolute atomic E-state index is 11.4. The van der Waals surface area contributed by atoms with E-state index in [1.165, 1.54) is 0 Å². The number of aliphatic carboxylic acids is 2. The molecule has 0 heterocycles. The van der Waals surface area contributed by atoms with Crippen LogP contribution >= 0.6 is 21.6 Å². The van der Waals surface area contributed by atoms with Crippen molar-refractivity contribution in [1.82, 2.24) is 5.32 Å². The fourth-order valence-electron chi connectivity index (χ4n) is 0.977. The van der Waals surface area contributed by atoms with Crippen LogP contribution in [0.25, 0.3) is 0 Å². The molecule has 0 aromatic heterocycles. The summed E-state index contributed by atoms with van der Waals surface area (Å²) in [6.45, 7) is 2.18. The molecule has 0 aromatic carbocycles. The largest absolute Gasteiger partial charge is 0.480 e. The summed E-state index contributed by atoms with van der Waals surface area (Å²) in [6.07, 6.45) is 0.804. The first-order valence-corrected chi connectivity index (χ1v) is 8.76. The lowest BCUT2D eigenvalue weighted by Gasteiger charge is -2.14. The molecule has 2 atom stereocenters. The van der Waals surface area contributed by atoms with Gasteiger partial charge in [-0.25, -0.2) is 9.59 Å². The van der Waals surface area contributed by atoms with Crippen molar-refractivity contribution in [1.29, 1.82) is 0 Å². The number of ether oxygens (including phenoxy) is 1. The fraction of sp³-hybridized carbons (Fsp3) is 0.727. The predicted octanol–water partition coefficient (Wildman–Crippen LogP) is 0.759. The van der Waals surface area contributed by atoms with E-state index in [-0.39, 0.29) is 18.1 Å². The van der Waals surface area contributed by atoms with Gasteiger partial charge >= 0.3 is 18.0 Å². The van der Waals surface area contributed by atoms with E-state index in [1.807, 2.05) is 6.92 Å². The molecule has 1 amide bonds. The van der Waals surface area contributed by atoms with Crippen LogP contribution in [0.1, 0.15) is 19.8 Å². The molecule has 122 valence electrons. The maximum Gasteiger partial charge on any atom is 0.407 e. The van der Waals surface area contributed by atoms with Gasteiger partial charge in [0.15, 0.2) is 0 Å². The van der Waals surface area contributed by atoms with Crippen LogP contribution in [-0.2, 0) is 14.3 Å². The maximum atomic E-state index is 11.4. The highest BCUT2D eigenvalue weighted by Crippen LogP contribution is 2.22. The summed E-state index contributed by atoms with van der Waals surface area (Å²) in [7, 11) is 2.27. The van der Waals surface area contributed by atoms with Crippen molar-refractivity contribution in [3.8, 4) is 0 Å². The molecule has 10 heteroatoms. The molecule has 8 nitrogen and oxygen atoms in total. The SMILES string of the molecule is CCCCOC(=O)N[C@@H](CSSCC(N)C(=O)O)C(=O)O. The van der Waals surface area contributed by atoms with Crippen molar-refractivity contribution in [2.75, 3.05) is 18.1 Å². The second-order valence-electron chi connectivity index (χ2n) is 4.04. The van der Waals surface area contributed by atoms with E-state index in [0.29, 0.717) is 6.42 Å². The van der Waals surface area contributed by atoms with Crippen molar-refractivity contribution in [2.24, 2.45) is 5.73 Å². The molecule has 0 aromatic rings. The van der Waals surface area contributed by atoms with E-state index >= 15 is 0 Å². The number of carboxylic acid groups (broad SMARTS) is 2. The molecule has 0 aliphatic heterocycles. The monoisotopic (exact) mass is 340 g/mol. The Kier molecular flexibility index (Phi) is 10.9. The molecule has 0 aliphatic rings. The number of hydrogen-bond donors (Lipinski definition) is 4. The Balaban J connectivity index is 4.00. The van der Waals surface area contributed by atoms with E-state index in [1.54, 1.807) is 0 Å². The highest BCUT2D eigenvalue weighted by Gasteiger charge is 2.21. The summed E-state index contributed by atoms with van der Waals surface area (Å²) in [5.41, 5.74) is 5.30. The number of nitrogens with two attached hydrogens (primary N) is 1. The van der Waals surface area contributed by atoms with Crippen LogP contribution in [0.5, 0.6) is 0 Å². The molecule has 0 radical (unpaired) electrons. The molecule has 0 fully saturated rings. The average molecular weight is 340 g/mol. The molecule has 0 bridgehead atoms. The van der Waals surface area contributed by atoms with Gasteiger partial charge in [-0.1, -0.05) is 34.9 Å². The van der Waals surface area contributed by atoms with Gasteiger partial charge in [-0.2, -0.15) is 0 Å². The predicted molar refractivity (Wildman–Crippen MR) is 81.3 cm³/mol. The molecule has 0 spiro atoms. The number of hydrogen-bond acceptors (Lipinski definition) is 7. The number of unbranched alkanes of at least 4 members (excludes halogenated alkanes) is 1. The van der Waals surface area contributed by atoms with Gasteiger partial charge < -0.3 is 26.0 Å². The lowest BCUT2D eigenvalue weighted by molar-refractivity contribution is -0.139. The Bertz CT molecular complexity index is 356. The highest BCUT2D eigenvalue weighted by atomic mass is 33.1. The average Bonchev–Trinajstić information content (AvgIpc) is 2.41. The Morgan fingerprint density at radius 1 is 1.19 bits per heavy atom. The van der Waals surface area contributed by atoms with Crippen molar-refractivity contribution in [3.63, 3.8) is 0 Å². The fourth-order valence-corrected chi connectivity index (χ4v) is 3.25. The molecular weight excluding hydrogens is 320 g/mol. The van der Waals surface area contributed by atoms with E-state index in [4.69, 9.17) is 20.7 Å². The molecule has 21 heavy (non-hydrogen) atoms. The van der Waals surface area contributed by atoms with E-state index in [9.17, 15) is 14.4 Å². The van der Waals surface area contributed by atoms with Crippen LogP contribution in [0.2, 0.25) is 0 Å². The van der Waals surface area contributed by atoms with Gasteiger partial charge in [0, 0.05) is 11.5 Å². The van der Waals surface area contributed by atoms with Crippen molar-refractivity contribution >= 4 is 39.6 Å². The van der Waals surface area contributed by atoms with Crippen LogP contribution in [0.4, 0.5) is 4.79 Å². The summed E-state index contributed by atoms with van der Waals surface area (Å²) in [6, 6.07) is -2.10. The third-order valence-electron chi connectivity index (χ3n) is 2.20. The van der Waals surface area contributed by atoms with Crippen molar-refractivity contribution in [2.45, 2.75) is 31.8 Å². The minimum absolute atomic E-state index is 0.0786. The van der Waals surface area contributed by atoms with Crippen LogP contribution in [0.15, 0.2) is 0 Å². The number of alkyl carbamates (subject to hydrolysis) is 1. The standard InChI is InChI=1S/C11H20N2O6S2/c1-2-3-4-19-11(18)13-8(10(16)17)6-21-20-5-7(12)9(14)15/h7-8H,2-6,12H2,1H3,(H,13,18)(H,14,15)(H,16,17)/t7?,8-/m0/s1. The lowest BCUT2D eigenvalue weighted by atomic mass is 10.3. The molecule has 5 N–H and O–H groups in total. The van der Waals surface area contributed by atoms with Gasteiger partial charge in [0.25, 0.3) is 0 Å². The summed E-state index contributed by atoms with van der Waals surface area (Å²) < 4.78 is 4.81. The molecule has 0 rings (SSSR count). The first-order valence-electron chi connectivity index (χ1n) is 6.27. The smallest absolute Gasteiger partial charge is 0.407 e. The summed E-state index contributed by atoms with van der Waals surface area (Å²) in [4.78, 5) is 32.8. The Morgan fingerprint density at radius 2 is 1.81 bits per heavy atom. The summed E-state index contributed by atoms with van der Waals surface area (Å²) in [5, 5.41) is 19.8. The second-order valence-corrected chi connectivity index (χ2v) is 6.59. The van der Waals surface area contributed by atoms with Crippen LogP contribution in [0, 0.1) is 0 Å². The first kappa shape index (κ1) is 19.9. The van der Waals surface area contributed by atoms with Crippen molar-refractivity contribution in [3.05, 3.63) is 0 Å². The Labute approximate surface area is 130 Å². The van der Waals surface area contributed by atoms with Crippen LogP contribution in [0.3, 0.4) is 0 Å². The van der Waals surface area contributed by atoms with Gasteiger partial charge in [-0.15, -0.1) is 0 Å². The Morgan fingerprint density at radius 3 is 2.33 bits per heavy atom. The van der Waals surface area contributed by atoms with Gasteiger partial charge in [0.05, 0.1) is 6.61 Å². The number of carbonyl (C=O) groups is 3. The number of carboxylic acids is 2. The zero-order chi connectivity index (χ0) is 16.3. The lowest BCUT2D eigenvalue weighted by Crippen LogP contribution is -2.42. The molecule has 0 saturated carbocycles. The Hall–Kier alpha value is -1.13. The van der Waals surface area contributed by atoms with Gasteiger partial charge in [0.2, 0.25) is 0 Å². The zero-order valence-electron chi connectivity index (χ0n) is 11.6. The van der Waals surface area contributed by atoms with E-state index in [0.717, 1.165) is 28.0 Å². The van der Waals surface area contributed by atoms with E-state index in [2.05, 4.69) is 5.32 Å². The second kappa shape index (κ2) is 11.5. The summed E-state index contributed by atoms with van der Waals surface area (Å²) in [5.74, 6) is -2.07.